The van der Waals surface area contributed by atoms with Crippen molar-refractivity contribution in [2.75, 3.05) is 18.9 Å². The number of nitrogens with two attached hydrogens (primary N) is 1. The van der Waals surface area contributed by atoms with Crippen LogP contribution in [-0.2, 0) is 10.0 Å². The van der Waals surface area contributed by atoms with Gasteiger partial charge >= 0.3 is 0 Å². The first-order valence-electron chi connectivity index (χ1n) is 6.01. The number of carbonyl (C=O) groups excluding carboxylic acids is 1. The average molecular weight is 331 g/mol. The lowest BCUT2D eigenvalue weighted by molar-refractivity contribution is 0.0956. The molecule has 114 valence electrons. The number of hydrogen-bond donors (Lipinski definition) is 3. The highest BCUT2D eigenvalue weighted by Crippen LogP contribution is 2.17. The summed E-state index contributed by atoms with van der Waals surface area (Å²) in [6.07, 6.45) is 0.339. The van der Waals surface area contributed by atoms with Gasteiger partial charge in [0.25, 0.3) is 5.91 Å². The van der Waals surface area contributed by atoms with E-state index < -0.39 is 15.9 Å². The Labute approximate surface area is 128 Å². The molecule has 0 unspecified atom stereocenters. The van der Waals surface area contributed by atoms with E-state index in [-0.39, 0.29) is 18.9 Å². The van der Waals surface area contributed by atoms with Crippen molar-refractivity contribution < 1.29 is 18.3 Å². The molecule has 0 fully saturated rings. The summed E-state index contributed by atoms with van der Waals surface area (Å²) in [5, 5.41) is 16.2. The number of aliphatic hydroxyl groups excluding tert-OH is 1. The molecule has 0 heterocycles. The van der Waals surface area contributed by atoms with Gasteiger partial charge in [-0.15, -0.1) is 0 Å². The maximum atomic E-state index is 11.8. The lowest BCUT2D eigenvalue weighted by Gasteiger charge is -2.05. The zero-order valence-corrected chi connectivity index (χ0v) is 12.7. The molecule has 0 atom stereocenters. The first-order chi connectivity index (χ1) is 9.83. The van der Waals surface area contributed by atoms with Crippen LogP contribution in [0, 0.1) is 11.8 Å². The SMILES string of the molecule is NS(=O)(=O)CCNC(=O)c1ccc(C#CCCO)c(Cl)c1. The maximum absolute atomic E-state index is 11.8. The molecule has 8 heteroatoms. The summed E-state index contributed by atoms with van der Waals surface area (Å²) in [6.45, 7) is -0.109. The Hall–Kier alpha value is -1.59. The van der Waals surface area contributed by atoms with E-state index in [0.29, 0.717) is 22.6 Å². The van der Waals surface area contributed by atoms with Crippen LogP contribution >= 0.6 is 11.6 Å². The molecule has 0 saturated carbocycles. The Kier molecular flexibility index (Phi) is 6.65. The number of halogens is 1. The number of carbonyl (C=O) groups is 1. The Bertz CT molecular complexity index is 677. The maximum Gasteiger partial charge on any atom is 0.251 e. The fraction of sp³-hybridized carbons (Fsp3) is 0.308. The number of hydrogen-bond acceptors (Lipinski definition) is 4. The van der Waals surface area contributed by atoms with Gasteiger partial charge < -0.3 is 10.4 Å². The summed E-state index contributed by atoms with van der Waals surface area (Å²) in [7, 11) is -3.61. The molecule has 0 radical (unpaired) electrons. The molecule has 0 aliphatic carbocycles. The summed E-state index contributed by atoms with van der Waals surface area (Å²) < 4.78 is 21.5. The molecule has 0 aliphatic rings. The monoisotopic (exact) mass is 330 g/mol. The minimum atomic E-state index is -3.61. The molecule has 1 rings (SSSR count). The summed E-state index contributed by atoms with van der Waals surface area (Å²) in [5.74, 6) is 4.71. The summed E-state index contributed by atoms with van der Waals surface area (Å²) in [4.78, 5) is 11.8. The van der Waals surface area contributed by atoms with Crippen LogP contribution in [0.25, 0.3) is 0 Å². The van der Waals surface area contributed by atoms with Crippen LogP contribution in [0.2, 0.25) is 5.02 Å². The minimum absolute atomic E-state index is 0.0326. The van der Waals surface area contributed by atoms with Gasteiger partial charge in [-0.25, -0.2) is 13.6 Å². The number of primary sulfonamides is 1. The molecule has 4 N–H and O–H groups in total. The molecule has 21 heavy (non-hydrogen) atoms. The summed E-state index contributed by atoms with van der Waals surface area (Å²) >= 11 is 6.00. The van der Waals surface area contributed by atoms with E-state index in [1.165, 1.54) is 12.1 Å². The number of nitrogens with one attached hydrogen (secondary N) is 1. The fourth-order valence-electron chi connectivity index (χ4n) is 1.38. The van der Waals surface area contributed by atoms with Crippen LogP contribution in [0.15, 0.2) is 18.2 Å². The first kappa shape index (κ1) is 17.5. The topological polar surface area (TPSA) is 109 Å². The van der Waals surface area contributed by atoms with Crippen molar-refractivity contribution in [1.29, 1.82) is 0 Å². The number of aliphatic hydroxyl groups is 1. The van der Waals surface area contributed by atoms with Gasteiger partial charge in [0, 0.05) is 24.1 Å². The number of benzene rings is 1. The van der Waals surface area contributed by atoms with Crippen molar-refractivity contribution in [1.82, 2.24) is 5.32 Å². The third kappa shape index (κ3) is 6.60. The zero-order valence-electron chi connectivity index (χ0n) is 11.1. The molecular formula is C13H15ClN2O4S. The van der Waals surface area contributed by atoms with Gasteiger partial charge in [-0.1, -0.05) is 23.4 Å². The van der Waals surface area contributed by atoms with Gasteiger partial charge in [0.2, 0.25) is 10.0 Å². The van der Waals surface area contributed by atoms with E-state index in [1.54, 1.807) is 6.07 Å². The molecule has 6 nitrogen and oxygen atoms in total. The van der Waals surface area contributed by atoms with Crippen molar-refractivity contribution in [2.24, 2.45) is 5.14 Å². The quantitative estimate of drug-likeness (QED) is 0.665. The predicted molar refractivity (Wildman–Crippen MR) is 80.3 cm³/mol. The van der Waals surface area contributed by atoms with Crippen molar-refractivity contribution in [3.8, 4) is 11.8 Å². The van der Waals surface area contributed by atoms with E-state index >= 15 is 0 Å². The van der Waals surface area contributed by atoms with Crippen molar-refractivity contribution >= 4 is 27.5 Å². The van der Waals surface area contributed by atoms with Crippen LogP contribution in [0.4, 0.5) is 0 Å². The van der Waals surface area contributed by atoms with Gasteiger partial charge in [-0.05, 0) is 18.2 Å². The van der Waals surface area contributed by atoms with Crippen LogP contribution in [0.1, 0.15) is 22.3 Å². The molecule has 0 saturated heterocycles. The molecule has 1 amide bonds. The van der Waals surface area contributed by atoms with Crippen LogP contribution in [0.5, 0.6) is 0 Å². The lowest BCUT2D eigenvalue weighted by Crippen LogP contribution is -2.31. The zero-order chi connectivity index (χ0) is 15.9. The molecule has 0 spiro atoms. The van der Waals surface area contributed by atoms with E-state index in [9.17, 15) is 13.2 Å². The van der Waals surface area contributed by atoms with Crippen LogP contribution in [0.3, 0.4) is 0 Å². The Morgan fingerprint density at radius 1 is 1.43 bits per heavy atom. The van der Waals surface area contributed by atoms with E-state index in [2.05, 4.69) is 17.2 Å². The number of amides is 1. The Morgan fingerprint density at radius 2 is 2.14 bits per heavy atom. The molecule has 0 aliphatic heterocycles. The normalized spacial score (nSPS) is 10.6. The van der Waals surface area contributed by atoms with Crippen molar-refractivity contribution in [2.45, 2.75) is 6.42 Å². The van der Waals surface area contributed by atoms with Crippen molar-refractivity contribution in [3.63, 3.8) is 0 Å². The van der Waals surface area contributed by atoms with Crippen LogP contribution in [-0.4, -0.2) is 38.3 Å². The second-order valence-electron chi connectivity index (χ2n) is 4.09. The standard InChI is InChI=1S/C13H15ClN2O4S/c14-12-9-11(5-4-10(12)3-1-2-7-17)13(18)16-6-8-21(15,19)20/h4-5,9,17H,2,6-8H2,(H,16,18)(H2,15,19,20). The molecular weight excluding hydrogens is 316 g/mol. The van der Waals surface area contributed by atoms with Gasteiger partial charge in [0.1, 0.15) is 0 Å². The smallest absolute Gasteiger partial charge is 0.251 e. The van der Waals surface area contributed by atoms with Gasteiger partial charge in [-0.3, -0.25) is 4.79 Å². The van der Waals surface area contributed by atoms with E-state index in [0.717, 1.165) is 0 Å². The number of rotatable bonds is 5. The minimum Gasteiger partial charge on any atom is -0.395 e. The predicted octanol–water partition coefficient (Wildman–Crippen LogP) is 0.0922. The van der Waals surface area contributed by atoms with Gasteiger partial charge in [0.15, 0.2) is 0 Å². The van der Waals surface area contributed by atoms with Gasteiger partial charge in [-0.2, -0.15) is 0 Å². The Balaban J connectivity index is 2.71. The summed E-state index contributed by atoms with van der Waals surface area (Å²) in [6, 6.07) is 4.55. The Morgan fingerprint density at radius 3 is 2.71 bits per heavy atom. The highest BCUT2D eigenvalue weighted by atomic mass is 35.5. The third-order valence-electron chi connectivity index (χ3n) is 2.36. The number of sulfonamides is 1. The summed E-state index contributed by atoms with van der Waals surface area (Å²) in [5.41, 5.74) is 0.841. The van der Waals surface area contributed by atoms with E-state index in [1.807, 2.05) is 0 Å². The fourth-order valence-corrected chi connectivity index (χ4v) is 1.99. The van der Waals surface area contributed by atoms with Crippen LogP contribution < -0.4 is 10.5 Å². The molecule has 0 aromatic heterocycles. The second-order valence-corrected chi connectivity index (χ2v) is 6.23. The molecule has 0 bridgehead atoms. The first-order valence-corrected chi connectivity index (χ1v) is 8.11. The third-order valence-corrected chi connectivity index (χ3v) is 3.45. The highest BCUT2D eigenvalue weighted by Gasteiger charge is 2.09. The molecule has 1 aromatic rings. The molecule has 1 aromatic carbocycles. The second kappa shape index (κ2) is 8.00. The van der Waals surface area contributed by atoms with E-state index in [4.69, 9.17) is 21.8 Å². The average Bonchev–Trinajstić information content (AvgIpc) is 2.39. The lowest BCUT2D eigenvalue weighted by atomic mass is 10.1. The van der Waals surface area contributed by atoms with Gasteiger partial charge in [0.05, 0.1) is 17.4 Å². The van der Waals surface area contributed by atoms with Crippen molar-refractivity contribution in [3.05, 3.63) is 34.3 Å². The largest absolute Gasteiger partial charge is 0.395 e. The highest BCUT2D eigenvalue weighted by molar-refractivity contribution is 7.89.